The quantitative estimate of drug-likeness (QED) is 0.201. The lowest BCUT2D eigenvalue weighted by Gasteiger charge is -2.23. The molecule has 0 bridgehead atoms. The van der Waals surface area contributed by atoms with Gasteiger partial charge >= 0.3 is 5.91 Å². The van der Waals surface area contributed by atoms with Crippen LogP contribution in [0.5, 0.6) is 11.5 Å². The summed E-state index contributed by atoms with van der Waals surface area (Å²) < 4.78 is 11.7. The van der Waals surface area contributed by atoms with Gasteiger partial charge in [0.15, 0.2) is 11.5 Å². The smallest absolute Gasteiger partial charge is 0.301 e. The van der Waals surface area contributed by atoms with Gasteiger partial charge in [0.05, 0.1) is 24.8 Å². The maximum absolute atomic E-state index is 13.2. The lowest BCUT2D eigenvalue weighted by Crippen LogP contribution is -2.29. The van der Waals surface area contributed by atoms with Crippen LogP contribution in [-0.4, -0.2) is 45.2 Å². The van der Waals surface area contributed by atoms with Gasteiger partial charge < -0.3 is 14.6 Å². The van der Waals surface area contributed by atoms with E-state index in [9.17, 15) is 14.7 Å². The molecule has 10 heteroatoms. The normalized spacial score (nSPS) is 17.1. The maximum Gasteiger partial charge on any atom is 0.301 e. The molecule has 1 saturated heterocycles. The van der Waals surface area contributed by atoms with Crippen molar-refractivity contribution in [1.29, 1.82) is 0 Å². The number of ether oxygens (including phenoxy) is 2. The van der Waals surface area contributed by atoms with E-state index >= 15 is 0 Å². The SMILES string of the molecule is CCCCOc1ccc(C2C(=C(O)c3ccncc3)C(=O)C(=O)N2c2nnc(C)s2)cc1OCC. The summed E-state index contributed by atoms with van der Waals surface area (Å²) in [7, 11) is 0. The van der Waals surface area contributed by atoms with Gasteiger partial charge in [-0.15, -0.1) is 10.2 Å². The topological polar surface area (TPSA) is 115 Å². The molecule has 4 rings (SSSR count). The number of benzene rings is 1. The van der Waals surface area contributed by atoms with Gasteiger partial charge in [0.1, 0.15) is 10.8 Å². The molecular formula is C25H26N4O5S. The van der Waals surface area contributed by atoms with Crippen molar-refractivity contribution in [3.63, 3.8) is 0 Å². The zero-order valence-corrected chi connectivity index (χ0v) is 20.5. The fourth-order valence-corrected chi connectivity index (χ4v) is 4.52. The van der Waals surface area contributed by atoms with Gasteiger partial charge in [0.2, 0.25) is 5.13 Å². The fraction of sp³-hybridized carbons (Fsp3) is 0.320. The maximum atomic E-state index is 13.2. The number of carbonyl (C=O) groups excluding carboxylic acids is 2. The van der Waals surface area contributed by atoms with Gasteiger partial charge in [-0.3, -0.25) is 19.5 Å². The summed E-state index contributed by atoms with van der Waals surface area (Å²) in [6.45, 7) is 6.65. The van der Waals surface area contributed by atoms with Gasteiger partial charge in [-0.05, 0) is 50.1 Å². The molecule has 1 amide bonds. The molecule has 1 N–H and O–H groups in total. The number of hydrogen-bond acceptors (Lipinski definition) is 9. The second kappa shape index (κ2) is 10.6. The van der Waals surface area contributed by atoms with E-state index in [1.54, 1.807) is 37.3 Å². The number of hydrogen-bond donors (Lipinski definition) is 1. The first kappa shape index (κ1) is 24.3. The van der Waals surface area contributed by atoms with Crippen molar-refractivity contribution in [1.82, 2.24) is 15.2 Å². The van der Waals surface area contributed by atoms with Crippen molar-refractivity contribution < 1.29 is 24.2 Å². The number of amides is 1. The lowest BCUT2D eigenvalue weighted by molar-refractivity contribution is -0.132. The van der Waals surface area contributed by atoms with Gasteiger partial charge in [0, 0.05) is 18.0 Å². The standard InChI is InChI=1S/C25H26N4O5S/c1-4-6-13-34-18-8-7-17(14-19(18)33-5-2)21-20(22(30)16-9-11-26-12-10-16)23(31)24(32)29(21)25-28-27-15(3)35-25/h7-12,14,21,30H,4-6,13H2,1-3H3. The van der Waals surface area contributed by atoms with Crippen LogP contribution in [0.15, 0.2) is 48.3 Å². The van der Waals surface area contributed by atoms with Crippen LogP contribution < -0.4 is 14.4 Å². The molecule has 0 radical (unpaired) electrons. The molecule has 0 spiro atoms. The molecule has 3 heterocycles. The Kier molecular flexibility index (Phi) is 7.40. The van der Waals surface area contributed by atoms with Gasteiger partial charge in [-0.2, -0.15) is 0 Å². The van der Waals surface area contributed by atoms with Crippen molar-refractivity contribution in [3.8, 4) is 11.5 Å². The van der Waals surface area contributed by atoms with E-state index in [2.05, 4.69) is 22.1 Å². The summed E-state index contributed by atoms with van der Waals surface area (Å²) >= 11 is 1.19. The number of aromatic nitrogens is 3. The summed E-state index contributed by atoms with van der Waals surface area (Å²) in [5.41, 5.74) is 0.899. The van der Waals surface area contributed by atoms with E-state index in [-0.39, 0.29) is 16.5 Å². The zero-order chi connectivity index (χ0) is 24.9. The van der Waals surface area contributed by atoms with Crippen molar-refractivity contribution in [2.24, 2.45) is 0 Å². The number of anilines is 1. The Morgan fingerprint density at radius 3 is 2.51 bits per heavy atom. The van der Waals surface area contributed by atoms with E-state index in [0.717, 1.165) is 12.8 Å². The van der Waals surface area contributed by atoms with Crippen molar-refractivity contribution in [3.05, 3.63) is 64.4 Å². The highest BCUT2D eigenvalue weighted by molar-refractivity contribution is 7.15. The molecule has 1 aromatic carbocycles. The predicted molar refractivity (Wildman–Crippen MR) is 132 cm³/mol. The van der Waals surface area contributed by atoms with E-state index in [1.807, 2.05) is 6.92 Å². The van der Waals surface area contributed by atoms with E-state index in [1.165, 1.54) is 28.6 Å². The molecule has 0 aliphatic carbocycles. The Bertz CT molecular complexity index is 1260. The summed E-state index contributed by atoms with van der Waals surface area (Å²) in [4.78, 5) is 31.7. The Labute approximate surface area is 207 Å². The average molecular weight is 495 g/mol. The van der Waals surface area contributed by atoms with Crippen LogP contribution in [0.4, 0.5) is 5.13 Å². The number of aryl methyl sites for hydroxylation is 1. The Hall–Kier alpha value is -3.79. The lowest BCUT2D eigenvalue weighted by atomic mass is 9.95. The minimum absolute atomic E-state index is 0.0452. The molecule has 1 aliphatic heterocycles. The van der Waals surface area contributed by atoms with E-state index in [0.29, 0.717) is 40.8 Å². The third-order valence-electron chi connectivity index (χ3n) is 5.46. The minimum Gasteiger partial charge on any atom is -0.507 e. The van der Waals surface area contributed by atoms with Gasteiger partial charge in [-0.1, -0.05) is 30.7 Å². The third-order valence-corrected chi connectivity index (χ3v) is 6.30. The number of rotatable bonds is 9. The second-order valence-corrected chi connectivity index (χ2v) is 9.01. The van der Waals surface area contributed by atoms with Crippen LogP contribution in [0.25, 0.3) is 5.76 Å². The molecule has 1 aliphatic rings. The van der Waals surface area contributed by atoms with Crippen LogP contribution in [0.1, 0.15) is 48.9 Å². The number of ketones is 1. The predicted octanol–water partition coefficient (Wildman–Crippen LogP) is 4.45. The van der Waals surface area contributed by atoms with E-state index < -0.39 is 17.7 Å². The minimum atomic E-state index is -0.931. The van der Waals surface area contributed by atoms with Crippen LogP contribution in [0.2, 0.25) is 0 Å². The molecule has 35 heavy (non-hydrogen) atoms. The number of Topliss-reactive ketones (excluding diaryl/α,β-unsaturated/α-hetero) is 1. The molecule has 182 valence electrons. The number of aliphatic hydroxyl groups is 1. The van der Waals surface area contributed by atoms with Crippen LogP contribution in [0.3, 0.4) is 0 Å². The first-order valence-corrected chi connectivity index (χ1v) is 12.2. The summed E-state index contributed by atoms with van der Waals surface area (Å²) in [6, 6.07) is 7.48. The first-order chi connectivity index (χ1) is 17.0. The summed E-state index contributed by atoms with van der Waals surface area (Å²) in [5.74, 6) is -0.826. The number of aliphatic hydroxyl groups excluding tert-OH is 1. The molecule has 1 unspecified atom stereocenters. The van der Waals surface area contributed by atoms with E-state index in [4.69, 9.17) is 9.47 Å². The third kappa shape index (κ3) is 4.88. The average Bonchev–Trinajstić information content (AvgIpc) is 3.40. The highest BCUT2D eigenvalue weighted by Gasteiger charge is 2.48. The molecular weight excluding hydrogens is 468 g/mol. The number of pyridine rings is 1. The number of carbonyl (C=O) groups is 2. The van der Waals surface area contributed by atoms with Crippen molar-refractivity contribution in [2.75, 3.05) is 18.1 Å². The molecule has 3 aromatic rings. The van der Waals surface area contributed by atoms with Crippen LogP contribution in [-0.2, 0) is 9.59 Å². The Balaban J connectivity index is 1.87. The molecule has 9 nitrogen and oxygen atoms in total. The highest BCUT2D eigenvalue weighted by atomic mass is 32.1. The second-order valence-electron chi connectivity index (χ2n) is 7.85. The first-order valence-electron chi connectivity index (χ1n) is 11.4. The van der Waals surface area contributed by atoms with Crippen molar-refractivity contribution in [2.45, 2.75) is 39.7 Å². The molecule has 1 atom stereocenters. The monoisotopic (exact) mass is 494 g/mol. The fourth-order valence-electron chi connectivity index (χ4n) is 3.80. The zero-order valence-electron chi connectivity index (χ0n) is 19.7. The summed E-state index contributed by atoms with van der Waals surface area (Å²) in [6.07, 6.45) is 4.90. The Morgan fingerprint density at radius 1 is 1.09 bits per heavy atom. The summed E-state index contributed by atoms with van der Waals surface area (Å²) in [5, 5.41) is 20.2. The number of unbranched alkanes of at least 4 members (excludes halogenated alkanes) is 1. The number of nitrogens with zero attached hydrogens (tertiary/aromatic N) is 4. The van der Waals surface area contributed by atoms with Crippen molar-refractivity contribution >= 4 is 33.9 Å². The molecule has 0 saturated carbocycles. The highest BCUT2D eigenvalue weighted by Crippen LogP contribution is 2.44. The van der Waals surface area contributed by atoms with Gasteiger partial charge in [0.25, 0.3) is 5.78 Å². The molecule has 1 fully saturated rings. The Morgan fingerprint density at radius 2 is 1.86 bits per heavy atom. The van der Waals surface area contributed by atoms with Crippen LogP contribution in [0, 0.1) is 6.92 Å². The largest absolute Gasteiger partial charge is 0.507 e. The van der Waals surface area contributed by atoms with Crippen LogP contribution >= 0.6 is 11.3 Å². The van der Waals surface area contributed by atoms with Gasteiger partial charge in [-0.25, -0.2) is 0 Å². The molecule has 2 aromatic heterocycles.